The second-order valence-electron chi connectivity index (χ2n) is 4.31. The van der Waals surface area contributed by atoms with Gasteiger partial charge in [0.25, 0.3) is 0 Å². The Labute approximate surface area is 92.1 Å². The minimum Gasteiger partial charge on any atom is -0.300 e. The van der Waals surface area contributed by atoms with Gasteiger partial charge in [-0.2, -0.15) is 0 Å². The Bertz CT molecular complexity index is 196. The normalized spacial score (nSPS) is 19.5. The molecule has 1 saturated heterocycles. The highest BCUT2D eigenvalue weighted by molar-refractivity contribution is 5.80. The Morgan fingerprint density at radius 1 is 1.40 bits per heavy atom. The zero-order valence-corrected chi connectivity index (χ0v) is 9.79. The summed E-state index contributed by atoms with van der Waals surface area (Å²) in [5, 5.41) is 16.2. The molecule has 1 aliphatic heterocycles. The Morgan fingerprint density at radius 2 is 1.93 bits per heavy atom. The summed E-state index contributed by atoms with van der Waals surface area (Å²) in [6.45, 7) is 6.58. The number of piperidine rings is 1. The monoisotopic (exact) mass is 213 g/mol. The van der Waals surface area contributed by atoms with Crippen molar-refractivity contribution >= 4 is 5.84 Å². The zero-order valence-electron chi connectivity index (χ0n) is 9.79. The van der Waals surface area contributed by atoms with Gasteiger partial charge >= 0.3 is 0 Å². The number of hydroxylamine groups is 1. The zero-order chi connectivity index (χ0) is 11.3. The van der Waals surface area contributed by atoms with Gasteiger partial charge in [-0.15, -0.1) is 0 Å². The summed E-state index contributed by atoms with van der Waals surface area (Å²) < 4.78 is 0. The third-order valence-corrected chi connectivity index (χ3v) is 3.52. The van der Waals surface area contributed by atoms with E-state index >= 15 is 0 Å². The molecular weight excluding hydrogens is 190 g/mol. The van der Waals surface area contributed by atoms with E-state index in [-0.39, 0.29) is 11.8 Å². The fourth-order valence-electron chi connectivity index (χ4n) is 2.45. The van der Waals surface area contributed by atoms with Gasteiger partial charge in [0.2, 0.25) is 0 Å². The van der Waals surface area contributed by atoms with E-state index in [1.54, 1.807) is 0 Å². The summed E-state index contributed by atoms with van der Waals surface area (Å²) in [6.07, 6.45) is 4.39. The molecule has 88 valence electrons. The van der Waals surface area contributed by atoms with Crippen molar-refractivity contribution in [1.29, 1.82) is 5.41 Å². The number of rotatable bonds is 4. The van der Waals surface area contributed by atoms with Crippen LogP contribution in [0.2, 0.25) is 0 Å². The highest BCUT2D eigenvalue weighted by Gasteiger charge is 2.25. The van der Waals surface area contributed by atoms with E-state index < -0.39 is 0 Å². The number of likely N-dealkylation sites (tertiary alicyclic amines) is 1. The van der Waals surface area contributed by atoms with Crippen molar-refractivity contribution in [3.63, 3.8) is 0 Å². The maximum absolute atomic E-state index is 8.67. The van der Waals surface area contributed by atoms with Crippen LogP contribution in [0.3, 0.4) is 0 Å². The van der Waals surface area contributed by atoms with Crippen molar-refractivity contribution in [1.82, 2.24) is 10.4 Å². The van der Waals surface area contributed by atoms with Gasteiger partial charge in [-0.1, -0.05) is 13.8 Å². The summed E-state index contributed by atoms with van der Waals surface area (Å²) in [4.78, 5) is 2.52. The topological polar surface area (TPSA) is 59.4 Å². The molecular formula is C11H23N3O. The van der Waals surface area contributed by atoms with Crippen LogP contribution < -0.4 is 5.48 Å². The molecule has 1 fully saturated rings. The predicted octanol–water partition coefficient (Wildman–Crippen LogP) is 1.84. The maximum Gasteiger partial charge on any atom is 0.121 e. The molecule has 0 aliphatic carbocycles. The number of hydrogen-bond acceptors (Lipinski definition) is 3. The third kappa shape index (κ3) is 3.18. The molecule has 1 heterocycles. The molecule has 0 radical (unpaired) electrons. The van der Waals surface area contributed by atoms with Crippen LogP contribution in [0.15, 0.2) is 0 Å². The van der Waals surface area contributed by atoms with E-state index in [0.717, 1.165) is 25.9 Å². The molecule has 0 bridgehead atoms. The lowest BCUT2D eigenvalue weighted by atomic mass is 9.94. The first-order chi connectivity index (χ1) is 7.22. The molecule has 4 heteroatoms. The molecule has 0 aromatic heterocycles. The van der Waals surface area contributed by atoms with Crippen molar-refractivity contribution < 1.29 is 5.21 Å². The Hall–Kier alpha value is -0.610. The van der Waals surface area contributed by atoms with Crippen LogP contribution in [-0.2, 0) is 0 Å². The van der Waals surface area contributed by atoms with Gasteiger partial charge in [-0.3, -0.25) is 16.1 Å². The minimum atomic E-state index is 0.223. The van der Waals surface area contributed by atoms with E-state index in [0.29, 0.717) is 6.04 Å². The lowest BCUT2D eigenvalue weighted by Gasteiger charge is -2.36. The highest BCUT2D eigenvalue weighted by atomic mass is 16.5. The van der Waals surface area contributed by atoms with Gasteiger partial charge in [-0.25, -0.2) is 0 Å². The van der Waals surface area contributed by atoms with E-state index in [2.05, 4.69) is 18.7 Å². The molecule has 0 aromatic rings. The lowest BCUT2D eigenvalue weighted by Crippen LogP contribution is -2.43. The fraction of sp³-hybridized carbons (Fsp3) is 0.909. The van der Waals surface area contributed by atoms with Crippen LogP contribution in [0.25, 0.3) is 0 Å². The largest absolute Gasteiger partial charge is 0.300 e. The summed E-state index contributed by atoms with van der Waals surface area (Å²) in [7, 11) is 0. The second kappa shape index (κ2) is 6.08. The van der Waals surface area contributed by atoms with Crippen molar-refractivity contribution in [2.75, 3.05) is 13.1 Å². The van der Waals surface area contributed by atoms with Gasteiger partial charge in [0.05, 0.1) is 0 Å². The first-order valence-corrected chi connectivity index (χ1v) is 5.95. The van der Waals surface area contributed by atoms with Crippen LogP contribution in [0, 0.1) is 11.3 Å². The van der Waals surface area contributed by atoms with Gasteiger partial charge < -0.3 is 4.90 Å². The highest BCUT2D eigenvalue weighted by Crippen LogP contribution is 2.21. The number of nitrogens with zero attached hydrogens (tertiary/aromatic N) is 1. The molecule has 0 unspecified atom stereocenters. The van der Waals surface area contributed by atoms with Crippen molar-refractivity contribution in [2.45, 2.75) is 45.6 Å². The van der Waals surface area contributed by atoms with Gasteiger partial charge in [-0.05, 0) is 38.8 Å². The fourth-order valence-corrected chi connectivity index (χ4v) is 2.45. The van der Waals surface area contributed by atoms with Crippen LogP contribution in [0.5, 0.6) is 0 Å². The molecule has 1 rings (SSSR count). The van der Waals surface area contributed by atoms with E-state index in [4.69, 9.17) is 10.6 Å². The molecule has 0 aromatic carbocycles. The molecule has 0 amide bonds. The summed E-state index contributed by atoms with van der Waals surface area (Å²) in [6, 6.07) is 0.696. The molecule has 0 spiro atoms. The van der Waals surface area contributed by atoms with E-state index in [9.17, 15) is 0 Å². The third-order valence-electron chi connectivity index (χ3n) is 3.52. The van der Waals surface area contributed by atoms with Gasteiger partial charge in [0.1, 0.15) is 5.84 Å². The average Bonchev–Trinajstić information content (AvgIpc) is 2.30. The Kier molecular flexibility index (Phi) is 5.05. The van der Waals surface area contributed by atoms with Crippen LogP contribution in [0.4, 0.5) is 0 Å². The number of nitrogens with one attached hydrogen (secondary N) is 2. The smallest absolute Gasteiger partial charge is 0.121 e. The van der Waals surface area contributed by atoms with Crippen LogP contribution in [-0.4, -0.2) is 35.1 Å². The quantitative estimate of drug-likeness (QED) is 0.379. The van der Waals surface area contributed by atoms with Crippen molar-refractivity contribution in [3.05, 3.63) is 0 Å². The molecule has 3 N–H and O–H groups in total. The van der Waals surface area contributed by atoms with E-state index in [1.807, 2.05) is 5.48 Å². The standard InChI is InChI=1S/C11H23N3O/c1-3-10(4-2)14-7-5-9(6-8-14)11(12)13-15/h9-10,15H,3-8H2,1-2H3,(H2,12,13). The Morgan fingerprint density at radius 3 is 2.33 bits per heavy atom. The van der Waals surface area contributed by atoms with Crippen LogP contribution in [0.1, 0.15) is 39.5 Å². The molecule has 0 saturated carbocycles. The van der Waals surface area contributed by atoms with E-state index in [1.165, 1.54) is 12.8 Å². The molecule has 1 aliphatic rings. The minimum absolute atomic E-state index is 0.223. The first-order valence-electron chi connectivity index (χ1n) is 5.95. The summed E-state index contributed by atoms with van der Waals surface area (Å²) >= 11 is 0. The molecule has 4 nitrogen and oxygen atoms in total. The molecule has 0 atom stereocenters. The van der Waals surface area contributed by atoms with Crippen LogP contribution >= 0.6 is 0 Å². The first kappa shape index (κ1) is 12.5. The SMILES string of the molecule is CCC(CC)N1CCC(C(=N)NO)CC1. The predicted molar refractivity (Wildman–Crippen MR) is 61.3 cm³/mol. The molecule has 15 heavy (non-hydrogen) atoms. The second-order valence-corrected chi connectivity index (χ2v) is 4.31. The van der Waals surface area contributed by atoms with Crippen molar-refractivity contribution in [3.8, 4) is 0 Å². The van der Waals surface area contributed by atoms with Gasteiger partial charge in [0, 0.05) is 12.0 Å². The summed E-state index contributed by atoms with van der Waals surface area (Å²) in [5.74, 6) is 0.500. The maximum atomic E-state index is 8.67. The number of amidine groups is 1. The van der Waals surface area contributed by atoms with Crippen molar-refractivity contribution in [2.24, 2.45) is 5.92 Å². The lowest BCUT2D eigenvalue weighted by molar-refractivity contribution is 0.136. The Balaban J connectivity index is 2.38. The number of hydrogen-bond donors (Lipinski definition) is 3. The summed E-state index contributed by atoms with van der Waals surface area (Å²) in [5.41, 5.74) is 1.97. The van der Waals surface area contributed by atoms with Gasteiger partial charge in [0.15, 0.2) is 0 Å². The average molecular weight is 213 g/mol.